The number of benzene rings is 1. The molecule has 1 rings (SSSR count). The SMILES string of the molecule is CN(C)C(=O)C[C@H](C(Cl)=C(Cl)Cl)c1ccc(Cl)cc1. The molecule has 0 N–H and O–H groups in total. The smallest absolute Gasteiger partial charge is 0.223 e. The summed E-state index contributed by atoms with van der Waals surface area (Å²) in [5.41, 5.74) is 0.836. The first-order valence-electron chi connectivity index (χ1n) is 5.49. The summed E-state index contributed by atoms with van der Waals surface area (Å²) < 4.78 is -0.0341. The van der Waals surface area contributed by atoms with Crippen LogP contribution in [0.1, 0.15) is 17.9 Å². The summed E-state index contributed by atoms with van der Waals surface area (Å²) in [6, 6.07) is 7.07. The molecular formula is C13H13Cl4NO. The van der Waals surface area contributed by atoms with Gasteiger partial charge in [-0.25, -0.2) is 0 Å². The highest BCUT2D eigenvalue weighted by atomic mass is 35.5. The monoisotopic (exact) mass is 339 g/mol. The van der Waals surface area contributed by atoms with Crippen molar-refractivity contribution in [2.75, 3.05) is 14.1 Å². The van der Waals surface area contributed by atoms with Crippen molar-refractivity contribution in [3.05, 3.63) is 44.4 Å². The topological polar surface area (TPSA) is 20.3 Å². The van der Waals surface area contributed by atoms with Gasteiger partial charge in [-0.2, -0.15) is 0 Å². The molecule has 0 heterocycles. The molecule has 6 heteroatoms. The van der Waals surface area contributed by atoms with Gasteiger partial charge in [0.1, 0.15) is 4.49 Å². The summed E-state index contributed by atoms with van der Waals surface area (Å²) in [7, 11) is 3.36. The molecule has 104 valence electrons. The molecule has 0 aliphatic rings. The van der Waals surface area contributed by atoms with E-state index in [0.717, 1.165) is 5.56 Å². The van der Waals surface area contributed by atoms with E-state index >= 15 is 0 Å². The van der Waals surface area contributed by atoms with Crippen LogP contribution in [0.25, 0.3) is 0 Å². The second-order valence-electron chi connectivity index (χ2n) is 4.20. The summed E-state index contributed by atoms with van der Waals surface area (Å²) >= 11 is 23.4. The van der Waals surface area contributed by atoms with E-state index in [4.69, 9.17) is 46.4 Å². The highest BCUT2D eigenvalue weighted by Crippen LogP contribution is 2.36. The maximum atomic E-state index is 11.9. The molecule has 1 aromatic carbocycles. The lowest BCUT2D eigenvalue weighted by Gasteiger charge is -2.19. The van der Waals surface area contributed by atoms with E-state index in [1.165, 1.54) is 4.90 Å². The van der Waals surface area contributed by atoms with Gasteiger partial charge in [-0.3, -0.25) is 4.79 Å². The lowest BCUT2D eigenvalue weighted by molar-refractivity contribution is -0.128. The van der Waals surface area contributed by atoms with Gasteiger partial charge in [0.2, 0.25) is 5.91 Å². The van der Waals surface area contributed by atoms with E-state index in [9.17, 15) is 4.79 Å². The third kappa shape index (κ3) is 4.88. The zero-order valence-corrected chi connectivity index (χ0v) is 13.5. The quantitative estimate of drug-likeness (QED) is 0.771. The van der Waals surface area contributed by atoms with Gasteiger partial charge in [-0.05, 0) is 17.7 Å². The van der Waals surface area contributed by atoms with Crippen molar-refractivity contribution < 1.29 is 4.79 Å². The molecule has 0 unspecified atom stereocenters. The van der Waals surface area contributed by atoms with Crippen molar-refractivity contribution >= 4 is 52.3 Å². The fraction of sp³-hybridized carbons (Fsp3) is 0.308. The van der Waals surface area contributed by atoms with Crippen LogP contribution in [-0.4, -0.2) is 24.9 Å². The predicted octanol–water partition coefficient (Wildman–Crippen LogP) is 4.79. The molecule has 0 aliphatic carbocycles. The Hall–Kier alpha value is -0.410. The summed E-state index contributed by atoms with van der Waals surface area (Å²) in [4.78, 5) is 13.3. The van der Waals surface area contributed by atoms with Crippen molar-refractivity contribution in [1.82, 2.24) is 4.90 Å². The third-order valence-corrected chi connectivity index (χ3v) is 3.94. The highest BCUT2D eigenvalue weighted by Gasteiger charge is 2.22. The molecule has 1 aromatic rings. The number of nitrogens with zero attached hydrogens (tertiary/aromatic N) is 1. The molecule has 0 saturated carbocycles. The van der Waals surface area contributed by atoms with Gasteiger partial charge in [0.05, 0.1) is 5.03 Å². The summed E-state index contributed by atoms with van der Waals surface area (Å²) in [5.74, 6) is -0.438. The maximum absolute atomic E-state index is 11.9. The van der Waals surface area contributed by atoms with Gasteiger partial charge in [0.25, 0.3) is 0 Å². The largest absolute Gasteiger partial charge is 0.349 e. The number of carbonyl (C=O) groups is 1. The Balaban J connectivity index is 3.09. The zero-order valence-electron chi connectivity index (χ0n) is 10.5. The minimum absolute atomic E-state index is 0.0341. The number of hydrogen-bond acceptors (Lipinski definition) is 1. The maximum Gasteiger partial charge on any atom is 0.223 e. The van der Waals surface area contributed by atoms with Crippen LogP contribution in [0, 0.1) is 0 Å². The molecule has 1 atom stereocenters. The van der Waals surface area contributed by atoms with Crippen LogP contribution in [0.15, 0.2) is 33.8 Å². The number of rotatable bonds is 4. The van der Waals surface area contributed by atoms with E-state index in [0.29, 0.717) is 5.02 Å². The molecule has 19 heavy (non-hydrogen) atoms. The van der Waals surface area contributed by atoms with Crippen LogP contribution in [0.3, 0.4) is 0 Å². The van der Waals surface area contributed by atoms with Gasteiger partial charge in [0.15, 0.2) is 0 Å². The van der Waals surface area contributed by atoms with Gasteiger partial charge in [-0.15, -0.1) is 0 Å². The molecule has 0 bridgehead atoms. The average molecular weight is 341 g/mol. The van der Waals surface area contributed by atoms with Crippen LogP contribution < -0.4 is 0 Å². The Bertz CT molecular complexity index is 478. The van der Waals surface area contributed by atoms with Gasteiger partial charge in [0, 0.05) is 31.5 Å². The van der Waals surface area contributed by atoms with Crippen molar-refractivity contribution in [2.24, 2.45) is 0 Å². The summed E-state index contributed by atoms with van der Waals surface area (Å²) in [5, 5.41) is 0.861. The highest BCUT2D eigenvalue weighted by molar-refractivity contribution is 6.59. The van der Waals surface area contributed by atoms with Crippen molar-refractivity contribution in [1.29, 1.82) is 0 Å². The normalized spacial score (nSPS) is 11.9. The van der Waals surface area contributed by atoms with Crippen molar-refractivity contribution in [3.63, 3.8) is 0 Å². The first-order valence-corrected chi connectivity index (χ1v) is 7.00. The van der Waals surface area contributed by atoms with Crippen LogP contribution >= 0.6 is 46.4 Å². The van der Waals surface area contributed by atoms with Crippen LogP contribution in [-0.2, 0) is 4.79 Å². The molecule has 0 radical (unpaired) electrons. The minimum Gasteiger partial charge on any atom is -0.349 e. The van der Waals surface area contributed by atoms with E-state index in [1.807, 2.05) is 0 Å². The van der Waals surface area contributed by atoms with E-state index < -0.39 is 0 Å². The third-order valence-electron chi connectivity index (χ3n) is 2.64. The van der Waals surface area contributed by atoms with Crippen LogP contribution in [0.4, 0.5) is 0 Å². The van der Waals surface area contributed by atoms with Gasteiger partial charge in [-0.1, -0.05) is 58.5 Å². The molecule has 0 fully saturated rings. The molecular weight excluding hydrogens is 328 g/mol. The van der Waals surface area contributed by atoms with Crippen molar-refractivity contribution in [3.8, 4) is 0 Å². The first-order chi connectivity index (χ1) is 8.82. The molecule has 1 amide bonds. The first kappa shape index (κ1) is 16.6. The predicted molar refractivity (Wildman–Crippen MR) is 82.1 cm³/mol. The summed E-state index contributed by atoms with van der Waals surface area (Å²) in [6.07, 6.45) is 0.191. The number of carbonyl (C=O) groups excluding carboxylic acids is 1. The second-order valence-corrected chi connectivity index (χ2v) is 6.00. The standard InChI is InChI=1S/C13H13Cl4NO/c1-18(2)11(19)7-10(12(15)13(16)17)8-3-5-9(14)6-4-8/h3-6,10H,7H2,1-2H3/t10-/m0/s1. The van der Waals surface area contributed by atoms with E-state index in [1.54, 1.807) is 38.4 Å². The lowest BCUT2D eigenvalue weighted by atomic mass is 9.95. The van der Waals surface area contributed by atoms with E-state index in [2.05, 4.69) is 0 Å². The Morgan fingerprint density at radius 1 is 1.16 bits per heavy atom. The zero-order chi connectivity index (χ0) is 14.6. The number of amides is 1. The molecule has 2 nitrogen and oxygen atoms in total. The lowest BCUT2D eigenvalue weighted by Crippen LogP contribution is -2.23. The Morgan fingerprint density at radius 3 is 2.11 bits per heavy atom. The molecule has 0 saturated heterocycles. The molecule has 0 aromatic heterocycles. The second kappa shape index (κ2) is 7.39. The van der Waals surface area contributed by atoms with Gasteiger partial charge >= 0.3 is 0 Å². The Labute approximate surface area is 132 Å². The van der Waals surface area contributed by atoms with E-state index in [-0.39, 0.29) is 27.8 Å². The fourth-order valence-electron chi connectivity index (χ4n) is 1.54. The molecule has 0 spiro atoms. The fourth-order valence-corrected chi connectivity index (χ4v) is 2.13. The van der Waals surface area contributed by atoms with Crippen LogP contribution in [0.5, 0.6) is 0 Å². The number of halogens is 4. The van der Waals surface area contributed by atoms with Crippen LogP contribution in [0.2, 0.25) is 5.02 Å². The molecule has 0 aliphatic heterocycles. The number of hydrogen-bond donors (Lipinski definition) is 0. The van der Waals surface area contributed by atoms with Crippen molar-refractivity contribution in [2.45, 2.75) is 12.3 Å². The minimum atomic E-state index is -0.376. The summed E-state index contributed by atoms with van der Waals surface area (Å²) in [6.45, 7) is 0. The Morgan fingerprint density at radius 2 is 1.68 bits per heavy atom. The number of allylic oxidation sites excluding steroid dienone is 1. The Kier molecular flexibility index (Phi) is 6.48. The van der Waals surface area contributed by atoms with Gasteiger partial charge < -0.3 is 4.90 Å². The average Bonchev–Trinajstić information content (AvgIpc) is 2.35.